The van der Waals surface area contributed by atoms with Gasteiger partial charge in [0.15, 0.2) is 0 Å². The van der Waals surface area contributed by atoms with Crippen molar-refractivity contribution in [1.82, 2.24) is 10.6 Å². The fraction of sp³-hybridized carbons (Fsp3) is 0.600. The minimum Gasteiger partial charge on any atom is -0.351 e. The molecule has 0 bridgehead atoms. The monoisotopic (exact) mass is 343 g/mol. The average molecular weight is 343 g/mol. The Morgan fingerprint density at radius 3 is 2.72 bits per heavy atom. The molecule has 2 fully saturated rings. The Morgan fingerprint density at radius 2 is 2.00 bits per heavy atom. The lowest BCUT2D eigenvalue weighted by Gasteiger charge is -2.37. The Bertz CT molecular complexity index is 626. The average Bonchev–Trinajstić information content (AvgIpc) is 3.06. The van der Waals surface area contributed by atoms with Crippen LogP contribution in [0.2, 0.25) is 0 Å². The molecule has 3 rings (SSSR count). The zero-order chi connectivity index (χ0) is 17.9. The molecule has 2 amide bonds. The standard InChI is InChI=1S/C20H29N3O2/c1-14(2)18(24)23-17-8-6-15(7-9-17)11-22-19(25)20-10-4-3-5-16(20)12-21-13-20/h6-9,14,16,21H,3-5,10-13H2,1-2H3,(H,22,25)(H,23,24)/t16-,20+/m0/s1. The molecule has 0 spiro atoms. The van der Waals surface area contributed by atoms with E-state index < -0.39 is 0 Å². The third-order valence-electron chi connectivity index (χ3n) is 5.69. The Hall–Kier alpha value is -1.88. The summed E-state index contributed by atoms with van der Waals surface area (Å²) in [6.45, 7) is 6.05. The number of benzene rings is 1. The number of anilines is 1. The predicted molar refractivity (Wildman–Crippen MR) is 99.0 cm³/mol. The number of carbonyl (C=O) groups excluding carboxylic acids is 2. The second-order valence-electron chi connectivity index (χ2n) is 7.75. The van der Waals surface area contributed by atoms with Gasteiger partial charge in [0.25, 0.3) is 0 Å². The summed E-state index contributed by atoms with van der Waals surface area (Å²) in [7, 11) is 0. The van der Waals surface area contributed by atoms with Gasteiger partial charge < -0.3 is 16.0 Å². The van der Waals surface area contributed by atoms with Crippen LogP contribution in [0.3, 0.4) is 0 Å². The number of carbonyl (C=O) groups is 2. The molecular weight excluding hydrogens is 314 g/mol. The SMILES string of the molecule is CC(C)C(=O)Nc1ccc(CNC(=O)[C@@]23CCCC[C@H]2CNC3)cc1. The van der Waals surface area contributed by atoms with Gasteiger partial charge >= 0.3 is 0 Å². The summed E-state index contributed by atoms with van der Waals surface area (Å²) in [4.78, 5) is 24.6. The van der Waals surface area contributed by atoms with E-state index in [1.165, 1.54) is 6.42 Å². The molecule has 1 saturated carbocycles. The predicted octanol–water partition coefficient (Wildman–Crippen LogP) is 2.68. The Balaban J connectivity index is 1.56. The van der Waals surface area contributed by atoms with Crippen LogP contribution in [-0.4, -0.2) is 24.9 Å². The smallest absolute Gasteiger partial charge is 0.228 e. The van der Waals surface area contributed by atoms with Gasteiger partial charge in [-0.3, -0.25) is 9.59 Å². The van der Waals surface area contributed by atoms with Crippen molar-refractivity contribution in [1.29, 1.82) is 0 Å². The lowest BCUT2D eigenvalue weighted by molar-refractivity contribution is -0.134. The highest BCUT2D eigenvalue weighted by Crippen LogP contribution is 2.43. The van der Waals surface area contributed by atoms with E-state index in [9.17, 15) is 9.59 Å². The zero-order valence-corrected chi connectivity index (χ0v) is 15.2. The highest BCUT2D eigenvalue weighted by molar-refractivity contribution is 5.92. The van der Waals surface area contributed by atoms with Crippen LogP contribution in [-0.2, 0) is 16.1 Å². The van der Waals surface area contributed by atoms with Crippen molar-refractivity contribution in [2.45, 2.75) is 46.1 Å². The highest BCUT2D eigenvalue weighted by atomic mass is 16.2. The molecule has 0 aromatic heterocycles. The first-order valence-electron chi connectivity index (χ1n) is 9.40. The third-order valence-corrected chi connectivity index (χ3v) is 5.69. The van der Waals surface area contributed by atoms with E-state index in [0.717, 1.165) is 43.6 Å². The van der Waals surface area contributed by atoms with Crippen molar-refractivity contribution in [3.63, 3.8) is 0 Å². The van der Waals surface area contributed by atoms with Crippen LogP contribution in [0, 0.1) is 17.3 Å². The van der Waals surface area contributed by atoms with E-state index >= 15 is 0 Å². The molecule has 1 heterocycles. The molecule has 1 aliphatic carbocycles. The summed E-state index contributed by atoms with van der Waals surface area (Å²) in [6.07, 6.45) is 4.54. The van der Waals surface area contributed by atoms with Gasteiger partial charge in [-0.15, -0.1) is 0 Å². The highest BCUT2D eigenvalue weighted by Gasteiger charge is 2.49. The van der Waals surface area contributed by atoms with Crippen molar-refractivity contribution < 1.29 is 9.59 Å². The van der Waals surface area contributed by atoms with Crippen LogP contribution in [0.4, 0.5) is 5.69 Å². The van der Waals surface area contributed by atoms with Crippen LogP contribution >= 0.6 is 0 Å². The first kappa shape index (κ1) is 17.9. The maximum absolute atomic E-state index is 12.9. The van der Waals surface area contributed by atoms with E-state index in [1.54, 1.807) is 0 Å². The van der Waals surface area contributed by atoms with Gasteiger partial charge in [0.1, 0.15) is 0 Å². The lowest BCUT2D eigenvalue weighted by Crippen LogP contribution is -2.47. The Labute approximate surface area is 150 Å². The summed E-state index contributed by atoms with van der Waals surface area (Å²) in [5, 5.41) is 9.44. The Kier molecular flexibility index (Phi) is 5.42. The summed E-state index contributed by atoms with van der Waals surface area (Å²) >= 11 is 0. The maximum Gasteiger partial charge on any atom is 0.228 e. The van der Waals surface area contributed by atoms with E-state index in [1.807, 2.05) is 38.1 Å². The van der Waals surface area contributed by atoms with Gasteiger partial charge in [-0.2, -0.15) is 0 Å². The van der Waals surface area contributed by atoms with Gasteiger partial charge in [0.05, 0.1) is 5.41 Å². The molecule has 1 saturated heterocycles. The quantitative estimate of drug-likeness (QED) is 0.770. The van der Waals surface area contributed by atoms with Gasteiger partial charge in [0.2, 0.25) is 11.8 Å². The van der Waals surface area contributed by atoms with Gasteiger partial charge in [-0.1, -0.05) is 38.8 Å². The topological polar surface area (TPSA) is 70.2 Å². The summed E-state index contributed by atoms with van der Waals surface area (Å²) in [5.41, 5.74) is 1.63. The van der Waals surface area contributed by atoms with E-state index in [-0.39, 0.29) is 23.1 Å². The fourth-order valence-corrected chi connectivity index (χ4v) is 4.04. The van der Waals surface area contributed by atoms with Crippen molar-refractivity contribution >= 4 is 17.5 Å². The number of hydrogen-bond donors (Lipinski definition) is 3. The first-order chi connectivity index (χ1) is 12.0. The Morgan fingerprint density at radius 1 is 1.24 bits per heavy atom. The molecule has 0 unspecified atom stereocenters. The fourth-order valence-electron chi connectivity index (χ4n) is 4.04. The molecule has 1 aromatic carbocycles. The van der Waals surface area contributed by atoms with Crippen LogP contribution in [0.1, 0.15) is 45.1 Å². The molecule has 2 atom stereocenters. The summed E-state index contributed by atoms with van der Waals surface area (Å²) in [6, 6.07) is 7.69. The number of hydrogen-bond acceptors (Lipinski definition) is 3. The number of rotatable bonds is 5. The molecule has 1 aromatic rings. The number of fused-ring (bicyclic) bond motifs is 1. The van der Waals surface area contributed by atoms with Crippen molar-refractivity contribution in [2.75, 3.05) is 18.4 Å². The lowest BCUT2D eigenvalue weighted by atomic mass is 9.67. The van der Waals surface area contributed by atoms with E-state index in [2.05, 4.69) is 16.0 Å². The molecule has 2 aliphatic rings. The molecule has 3 N–H and O–H groups in total. The molecule has 5 nitrogen and oxygen atoms in total. The van der Waals surface area contributed by atoms with Crippen molar-refractivity contribution in [3.05, 3.63) is 29.8 Å². The van der Waals surface area contributed by atoms with E-state index in [0.29, 0.717) is 12.5 Å². The van der Waals surface area contributed by atoms with Crippen LogP contribution < -0.4 is 16.0 Å². The summed E-state index contributed by atoms with van der Waals surface area (Å²) in [5.74, 6) is 0.646. The van der Waals surface area contributed by atoms with Crippen LogP contribution in [0.15, 0.2) is 24.3 Å². The van der Waals surface area contributed by atoms with Gasteiger partial charge in [0, 0.05) is 24.7 Å². The van der Waals surface area contributed by atoms with Gasteiger partial charge in [-0.05, 0) is 43.0 Å². The minimum absolute atomic E-state index is 0.0113. The molecule has 0 radical (unpaired) electrons. The van der Waals surface area contributed by atoms with Crippen LogP contribution in [0.25, 0.3) is 0 Å². The number of nitrogens with one attached hydrogen (secondary N) is 3. The molecule has 136 valence electrons. The first-order valence-corrected chi connectivity index (χ1v) is 9.40. The summed E-state index contributed by atoms with van der Waals surface area (Å²) < 4.78 is 0. The van der Waals surface area contributed by atoms with Crippen molar-refractivity contribution in [3.8, 4) is 0 Å². The maximum atomic E-state index is 12.9. The number of amides is 2. The normalized spacial score (nSPS) is 25.5. The van der Waals surface area contributed by atoms with Crippen molar-refractivity contribution in [2.24, 2.45) is 17.3 Å². The van der Waals surface area contributed by atoms with E-state index in [4.69, 9.17) is 0 Å². The second-order valence-corrected chi connectivity index (χ2v) is 7.75. The third kappa shape index (κ3) is 3.87. The zero-order valence-electron chi connectivity index (χ0n) is 15.2. The van der Waals surface area contributed by atoms with Crippen LogP contribution in [0.5, 0.6) is 0 Å². The van der Waals surface area contributed by atoms with Gasteiger partial charge in [-0.25, -0.2) is 0 Å². The molecule has 25 heavy (non-hydrogen) atoms. The minimum atomic E-state index is -0.205. The second kappa shape index (κ2) is 7.56. The molecular formula is C20H29N3O2. The molecule has 1 aliphatic heterocycles. The molecule has 5 heteroatoms. The largest absolute Gasteiger partial charge is 0.351 e.